The van der Waals surface area contributed by atoms with Crippen molar-refractivity contribution in [3.05, 3.63) is 0 Å². The molecular formula is C13H25N. The van der Waals surface area contributed by atoms with Crippen molar-refractivity contribution in [1.29, 1.82) is 0 Å². The Morgan fingerprint density at radius 2 is 1.50 bits per heavy atom. The molecule has 0 spiro atoms. The molecule has 0 radical (unpaired) electrons. The molecule has 2 atom stereocenters. The van der Waals surface area contributed by atoms with Gasteiger partial charge in [-0.05, 0) is 31.6 Å². The van der Waals surface area contributed by atoms with Gasteiger partial charge in [0, 0.05) is 12.1 Å². The first-order valence-corrected chi connectivity index (χ1v) is 6.62. The quantitative estimate of drug-likeness (QED) is 0.665. The molecular weight excluding hydrogens is 170 g/mol. The second-order valence-electron chi connectivity index (χ2n) is 5.37. The van der Waals surface area contributed by atoms with E-state index in [1.54, 1.807) is 0 Å². The van der Waals surface area contributed by atoms with Crippen LogP contribution in [0.2, 0.25) is 0 Å². The maximum absolute atomic E-state index is 3.91. The second-order valence-corrected chi connectivity index (χ2v) is 5.37. The first kappa shape index (κ1) is 10.5. The highest BCUT2D eigenvalue weighted by molar-refractivity contribution is 4.84. The molecule has 0 bridgehead atoms. The summed E-state index contributed by atoms with van der Waals surface area (Å²) in [6.07, 6.45) is 13.0. The fourth-order valence-corrected chi connectivity index (χ4v) is 3.14. The Bertz CT molecular complexity index is 159. The molecule has 0 heterocycles. The Kier molecular flexibility index (Phi) is 3.86. The zero-order valence-electron chi connectivity index (χ0n) is 9.60. The molecule has 0 aromatic heterocycles. The van der Waals surface area contributed by atoms with Gasteiger partial charge in [-0.15, -0.1) is 0 Å². The van der Waals surface area contributed by atoms with Gasteiger partial charge in [0.05, 0.1) is 0 Å². The van der Waals surface area contributed by atoms with Crippen molar-refractivity contribution in [2.45, 2.75) is 76.8 Å². The van der Waals surface area contributed by atoms with Crippen LogP contribution in [0, 0.1) is 5.92 Å². The lowest BCUT2D eigenvalue weighted by Gasteiger charge is -2.24. The third-order valence-corrected chi connectivity index (χ3v) is 4.17. The van der Waals surface area contributed by atoms with Crippen molar-refractivity contribution in [2.75, 3.05) is 0 Å². The highest BCUT2D eigenvalue weighted by Crippen LogP contribution is 2.27. The van der Waals surface area contributed by atoms with Crippen LogP contribution in [-0.2, 0) is 0 Å². The standard InChI is InChI=1S/C13H25N/c1-11-7-6-10-13(11)14-12-8-4-2-3-5-9-12/h11-14H,2-10H2,1H3. The van der Waals surface area contributed by atoms with Crippen LogP contribution in [0.5, 0.6) is 0 Å². The predicted octanol–water partition coefficient (Wildman–Crippen LogP) is 3.49. The first-order valence-electron chi connectivity index (χ1n) is 6.62. The number of rotatable bonds is 2. The van der Waals surface area contributed by atoms with Crippen LogP contribution in [0.3, 0.4) is 0 Å². The van der Waals surface area contributed by atoms with Gasteiger partial charge in [0.25, 0.3) is 0 Å². The van der Waals surface area contributed by atoms with E-state index in [2.05, 4.69) is 12.2 Å². The summed E-state index contributed by atoms with van der Waals surface area (Å²) in [7, 11) is 0. The largest absolute Gasteiger partial charge is 0.311 e. The van der Waals surface area contributed by atoms with Gasteiger partial charge in [-0.1, -0.05) is 39.0 Å². The molecule has 2 aliphatic rings. The summed E-state index contributed by atoms with van der Waals surface area (Å²) >= 11 is 0. The minimum atomic E-state index is 0.845. The normalized spacial score (nSPS) is 35.8. The maximum atomic E-state index is 3.91. The zero-order valence-corrected chi connectivity index (χ0v) is 9.60. The summed E-state index contributed by atoms with van der Waals surface area (Å²) in [6, 6.07) is 1.70. The molecule has 2 fully saturated rings. The Hall–Kier alpha value is -0.0400. The van der Waals surface area contributed by atoms with Gasteiger partial charge in [-0.25, -0.2) is 0 Å². The monoisotopic (exact) mass is 195 g/mol. The van der Waals surface area contributed by atoms with Crippen molar-refractivity contribution >= 4 is 0 Å². The highest BCUT2D eigenvalue weighted by Gasteiger charge is 2.25. The summed E-state index contributed by atoms with van der Waals surface area (Å²) in [6.45, 7) is 2.42. The lowest BCUT2D eigenvalue weighted by Crippen LogP contribution is -2.39. The van der Waals surface area contributed by atoms with Gasteiger partial charge in [0.2, 0.25) is 0 Å². The molecule has 82 valence electrons. The van der Waals surface area contributed by atoms with E-state index in [9.17, 15) is 0 Å². The summed E-state index contributed by atoms with van der Waals surface area (Å²) in [5.41, 5.74) is 0. The zero-order chi connectivity index (χ0) is 9.80. The molecule has 1 nitrogen and oxygen atoms in total. The average molecular weight is 195 g/mol. The molecule has 2 rings (SSSR count). The molecule has 2 saturated carbocycles. The number of nitrogens with one attached hydrogen (secondary N) is 1. The van der Waals surface area contributed by atoms with E-state index < -0.39 is 0 Å². The summed E-state index contributed by atoms with van der Waals surface area (Å²) < 4.78 is 0. The van der Waals surface area contributed by atoms with Crippen molar-refractivity contribution in [3.8, 4) is 0 Å². The van der Waals surface area contributed by atoms with E-state index in [-0.39, 0.29) is 0 Å². The summed E-state index contributed by atoms with van der Waals surface area (Å²) in [5, 5.41) is 3.91. The molecule has 0 saturated heterocycles. The maximum Gasteiger partial charge on any atom is 0.00952 e. The SMILES string of the molecule is CC1CCCC1NC1CCCCCC1. The molecule has 1 heteroatoms. The van der Waals surface area contributed by atoms with Gasteiger partial charge < -0.3 is 5.32 Å². The molecule has 1 N–H and O–H groups in total. The molecule has 2 aliphatic carbocycles. The van der Waals surface area contributed by atoms with Crippen molar-refractivity contribution in [3.63, 3.8) is 0 Å². The Labute approximate surface area is 88.7 Å². The topological polar surface area (TPSA) is 12.0 Å². The van der Waals surface area contributed by atoms with E-state index in [0.29, 0.717) is 0 Å². The Morgan fingerprint density at radius 1 is 0.786 bits per heavy atom. The lowest BCUT2D eigenvalue weighted by molar-refractivity contribution is 0.349. The van der Waals surface area contributed by atoms with Crippen LogP contribution < -0.4 is 5.32 Å². The van der Waals surface area contributed by atoms with E-state index in [4.69, 9.17) is 0 Å². The average Bonchev–Trinajstić information content (AvgIpc) is 2.44. The third kappa shape index (κ3) is 2.73. The number of hydrogen-bond donors (Lipinski definition) is 1. The van der Waals surface area contributed by atoms with Crippen LogP contribution >= 0.6 is 0 Å². The van der Waals surface area contributed by atoms with Gasteiger partial charge >= 0.3 is 0 Å². The van der Waals surface area contributed by atoms with Gasteiger partial charge in [0.15, 0.2) is 0 Å². The summed E-state index contributed by atoms with van der Waals surface area (Å²) in [5.74, 6) is 0.929. The number of hydrogen-bond acceptors (Lipinski definition) is 1. The van der Waals surface area contributed by atoms with Crippen LogP contribution in [0.25, 0.3) is 0 Å². The van der Waals surface area contributed by atoms with E-state index >= 15 is 0 Å². The van der Waals surface area contributed by atoms with Gasteiger partial charge in [-0.3, -0.25) is 0 Å². The van der Waals surface area contributed by atoms with Crippen LogP contribution in [0.1, 0.15) is 64.7 Å². The second kappa shape index (κ2) is 5.16. The van der Waals surface area contributed by atoms with Crippen LogP contribution in [0.15, 0.2) is 0 Å². The minimum absolute atomic E-state index is 0.845. The molecule has 0 aliphatic heterocycles. The van der Waals surface area contributed by atoms with Crippen LogP contribution in [-0.4, -0.2) is 12.1 Å². The minimum Gasteiger partial charge on any atom is -0.311 e. The smallest absolute Gasteiger partial charge is 0.00952 e. The fourth-order valence-electron chi connectivity index (χ4n) is 3.14. The molecule has 0 aromatic carbocycles. The van der Waals surface area contributed by atoms with E-state index in [0.717, 1.165) is 18.0 Å². The lowest BCUT2D eigenvalue weighted by atomic mass is 10.0. The highest BCUT2D eigenvalue weighted by atomic mass is 15.0. The molecule has 2 unspecified atom stereocenters. The van der Waals surface area contributed by atoms with Crippen LogP contribution in [0.4, 0.5) is 0 Å². The van der Waals surface area contributed by atoms with E-state index in [1.807, 2.05) is 0 Å². The van der Waals surface area contributed by atoms with Crippen molar-refractivity contribution < 1.29 is 0 Å². The third-order valence-electron chi connectivity index (χ3n) is 4.17. The molecule has 0 aromatic rings. The molecule has 0 amide bonds. The molecule has 14 heavy (non-hydrogen) atoms. The Morgan fingerprint density at radius 3 is 2.07 bits per heavy atom. The van der Waals surface area contributed by atoms with Gasteiger partial charge in [-0.2, -0.15) is 0 Å². The van der Waals surface area contributed by atoms with Gasteiger partial charge in [0.1, 0.15) is 0 Å². The van der Waals surface area contributed by atoms with Crippen molar-refractivity contribution in [2.24, 2.45) is 5.92 Å². The van der Waals surface area contributed by atoms with Crippen molar-refractivity contribution in [1.82, 2.24) is 5.32 Å². The Balaban J connectivity index is 1.77. The predicted molar refractivity (Wildman–Crippen MR) is 61.4 cm³/mol. The fraction of sp³-hybridized carbons (Fsp3) is 1.00. The van der Waals surface area contributed by atoms with E-state index in [1.165, 1.54) is 57.8 Å². The first-order chi connectivity index (χ1) is 6.86. The summed E-state index contributed by atoms with van der Waals surface area (Å²) in [4.78, 5) is 0.